The van der Waals surface area contributed by atoms with Crippen LogP contribution in [0.3, 0.4) is 0 Å². The number of aromatic nitrogens is 3. The second kappa shape index (κ2) is 10.3. The first kappa shape index (κ1) is 24.9. The zero-order valence-electron chi connectivity index (χ0n) is 20.7. The van der Waals surface area contributed by atoms with Crippen molar-refractivity contribution in [3.8, 4) is 0 Å². The molecule has 2 aliphatic heterocycles. The van der Waals surface area contributed by atoms with Gasteiger partial charge in [-0.15, -0.1) is 5.10 Å². The lowest BCUT2D eigenvalue weighted by molar-refractivity contribution is -0.137. The Bertz CT molecular complexity index is 1320. The van der Waals surface area contributed by atoms with Gasteiger partial charge >= 0.3 is 0 Å². The number of hydrogen-bond acceptors (Lipinski definition) is 6. The number of carbonyl (C=O) groups excluding carboxylic acids is 2. The van der Waals surface area contributed by atoms with E-state index in [2.05, 4.69) is 15.6 Å². The molecule has 3 N–H and O–H groups in total. The van der Waals surface area contributed by atoms with Crippen molar-refractivity contribution in [1.29, 1.82) is 0 Å². The van der Waals surface area contributed by atoms with Crippen LogP contribution in [0.15, 0.2) is 66.9 Å². The summed E-state index contributed by atoms with van der Waals surface area (Å²) < 4.78 is 1.72. The number of amides is 2. The Morgan fingerprint density at radius 1 is 1.19 bits per heavy atom. The molecule has 2 aliphatic rings. The normalized spacial score (nSPS) is 20.9. The molecule has 0 spiro atoms. The number of allylic oxidation sites excluding steroid dienone is 1. The van der Waals surface area contributed by atoms with Gasteiger partial charge in [-0.05, 0) is 36.6 Å². The Morgan fingerprint density at radius 2 is 2.00 bits per heavy atom. The molecule has 192 valence electrons. The first-order valence-corrected chi connectivity index (χ1v) is 12.6. The van der Waals surface area contributed by atoms with Crippen LogP contribution in [0.4, 0.5) is 11.4 Å². The van der Waals surface area contributed by atoms with Crippen LogP contribution in [0.2, 0.25) is 0 Å². The summed E-state index contributed by atoms with van der Waals surface area (Å²) in [5, 5.41) is 32.6. The predicted octanol–water partition coefficient (Wildman–Crippen LogP) is 2.95. The number of nitrogens with one attached hydrogen (secondary N) is 1. The number of hydrogen-bond donors (Lipinski definition) is 3. The van der Waals surface area contributed by atoms with Crippen molar-refractivity contribution >= 4 is 23.2 Å². The van der Waals surface area contributed by atoms with Crippen LogP contribution < -0.4 is 10.2 Å². The van der Waals surface area contributed by atoms with Crippen LogP contribution in [0.5, 0.6) is 0 Å². The van der Waals surface area contributed by atoms with Gasteiger partial charge in [0, 0.05) is 48.6 Å². The molecule has 2 amide bonds. The van der Waals surface area contributed by atoms with E-state index in [-0.39, 0.29) is 18.4 Å². The molecular weight excluding hydrogens is 470 g/mol. The molecule has 0 bridgehead atoms. The summed E-state index contributed by atoms with van der Waals surface area (Å²) >= 11 is 0. The van der Waals surface area contributed by atoms with Gasteiger partial charge in [-0.25, -0.2) is 0 Å². The molecule has 3 atom stereocenters. The van der Waals surface area contributed by atoms with Gasteiger partial charge in [-0.2, -0.15) is 0 Å². The third-order valence-electron chi connectivity index (χ3n) is 7.30. The molecule has 9 nitrogen and oxygen atoms in total. The minimum absolute atomic E-state index is 0.0547. The Hall–Kier alpha value is -3.82. The number of benzene rings is 2. The number of aliphatic hydroxyl groups is 2. The lowest BCUT2D eigenvalue weighted by Crippen LogP contribution is -2.39. The summed E-state index contributed by atoms with van der Waals surface area (Å²) in [6.45, 7) is 2.95. The van der Waals surface area contributed by atoms with E-state index in [0.717, 1.165) is 12.0 Å². The summed E-state index contributed by atoms with van der Waals surface area (Å²) in [6.07, 6.45) is 7.52. The fourth-order valence-electron chi connectivity index (χ4n) is 5.12. The van der Waals surface area contributed by atoms with Crippen LogP contribution in [0.25, 0.3) is 0 Å². The Labute approximate surface area is 215 Å². The van der Waals surface area contributed by atoms with Crippen molar-refractivity contribution in [2.75, 3.05) is 23.4 Å². The highest BCUT2D eigenvalue weighted by molar-refractivity contribution is 6.06. The molecule has 3 aromatic rings. The molecule has 3 heterocycles. The third-order valence-corrected chi connectivity index (χ3v) is 7.30. The van der Waals surface area contributed by atoms with Gasteiger partial charge in [-0.1, -0.05) is 54.6 Å². The highest BCUT2D eigenvalue weighted by atomic mass is 16.3. The molecule has 2 aromatic carbocycles. The van der Waals surface area contributed by atoms with E-state index in [1.165, 1.54) is 0 Å². The molecule has 5 rings (SSSR count). The topological polar surface area (TPSA) is 121 Å². The lowest BCUT2D eigenvalue weighted by atomic mass is 9.82. The van der Waals surface area contributed by atoms with Gasteiger partial charge in [0.05, 0.1) is 18.2 Å². The quantitative estimate of drug-likeness (QED) is 0.388. The molecule has 9 heteroatoms. The van der Waals surface area contributed by atoms with E-state index in [4.69, 9.17) is 0 Å². The van der Waals surface area contributed by atoms with Gasteiger partial charge in [0.25, 0.3) is 5.91 Å². The highest BCUT2D eigenvalue weighted by Gasteiger charge is 2.49. The summed E-state index contributed by atoms with van der Waals surface area (Å²) in [5.74, 6) is -1.15. The maximum atomic E-state index is 12.8. The molecule has 0 saturated carbocycles. The third kappa shape index (κ3) is 4.68. The summed E-state index contributed by atoms with van der Waals surface area (Å²) in [5.41, 5.74) is 1.71. The van der Waals surface area contributed by atoms with Crippen LogP contribution in [0, 0.1) is 5.92 Å². The van der Waals surface area contributed by atoms with Crippen LogP contribution in [0.1, 0.15) is 48.9 Å². The SMILES string of the molecule is C[C@@H](/C=C/CCn1cc(C(CO)c2ccccc2)nn1)[C@]1(O)C(=O)Nc2ccc(N3CCCC3=O)cc21. The van der Waals surface area contributed by atoms with E-state index in [9.17, 15) is 19.8 Å². The number of nitrogens with zero attached hydrogens (tertiary/aromatic N) is 4. The van der Waals surface area contributed by atoms with Gasteiger partial charge in [-0.3, -0.25) is 14.3 Å². The number of anilines is 2. The van der Waals surface area contributed by atoms with Gasteiger partial charge in [0.1, 0.15) is 0 Å². The highest BCUT2D eigenvalue weighted by Crippen LogP contribution is 2.43. The first-order chi connectivity index (χ1) is 17.9. The first-order valence-electron chi connectivity index (χ1n) is 12.6. The Kier molecular flexibility index (Phi) is 6.90. The fourth-order valence-corrected chi connectivity index (χ4v) is 5.12. The zero-order valence-corrected chi connectivity index (χ0v) is 20.7. The number of carbonyl (C=O) groups is 2. The number of rotatable bonds is 9. The van der Waals surface area contributed by atoms with Gasteiger partial charge in [0.15, 0.2) is 5.60 Å². The van der Waals surface area contributed by atoms with Crippen molar-refractivity contribution in [2.24, 2.45) is 5.92 Å². The van der Waals surface area contributed by atoms with Gasteiger partial charge < -0.3 is 20.4 Å². The summed E-state index contributed by atoms with van der Waals surface area (Å²) in [4.78, 5) is 26.7. The second-order valence-corrected chi connectivity index (χ2v) is 9.66. The van der Waals surface area contributed by atoms with Crippen LogP contribution >= 0.6 is 0 Å². The molecule has 37 heavy (non-hydrogen) atoms. The molecule has 1 fully saturated rings. The Morgan fingerprint density at radius 3 is 2.73 bits per heavy atom. The van der Waals surface area contributed by atoms with Crippen molar-refractivity contribution in [3.05, 3.63) is 83.7 Å². The maximum absolute atomic E-state index is 12.8. The predicted molar refractivity (Wildman–Crippen MR) is 139 cm³/mol. The maximum Gasteiger partial charge on any atom is 0.261 e. The smallest absolute Gasteiger partial charge is 0.261 e. The molecule has 1 aromatic heterocycles. The van der Waals surface area contributed by atoms with E-state index < -0.39 is 17.4 Å². The molecule has 0 radical (unpaired) electrons. The minimum Gasteiger partial charge on any atom is -0.395 e. The number of aliphatic hydroxyl groups excluding tert-OH is 1. The number of aryl methyl sites for hydroxylation is 1. The van der Waals surface area contributed by atoms with Crippen molar-refractivity contribution < 1.29 is 19.8 Å². The average Bonchev–Trinajstić information content (AvgIpc) is 3.62. The standard InChI is InChI=1S/C28H31N5O4/c1-19(8-5-6-14-32-17-25(30-31-32)22(18-34)20-9-3-2-4-10-20)28(37)23-16-21(33-15-7-11-26(33)35)12-13-24(23)29-27(28)36/h2-5,8-10,12-13,16-17,19,22,34,37H,6-7,11,14-15,18H2,1H3,(H,29,36)/b8-5+/t19-,22?,28+/m0/s1. The van der Waals surface area contributed by atoms with E-state index in [1.807, 2.05) is 48.7 Å². The summed E-state index contributed by atoms with van der Waals surface area (Å²) in [6, 6.07) is 15.0. The lowest BCUT2D eigenvalue weighted by Gasteiger charge is -2.27. The largest absolute Gasteiger partial charge is 0.395 e. The van der Waals surface area contributed by atoms with Gasteiger partial charge in [0.2, 0.25) is 5.91 Å². The van der Waals surface area contributed by atoms with Crippen molar-refractivity contribution in [2.45, 2.75) is 44.2 Å². The van der Waals surface area contributed by atoms with E-state index in [0.29, 0.717) is 48.6 Å². The monoisotopic (exact) mass is 501 g/mol. The van der Waals surface area contributed by atoms with Crippen LogP contribution in [-0.4, -0.2) is 50.2 Å². The molecule has 0 aliphatic carbocycles. The van der Waals surface area contributed by atoms with E-state index in [1.54, 1.807) is 34.7 Å². The van der Waals surface area contributed by atoms with E-state index >= 15 is 0 Å². The van der Waals surface area contributed by atoms with Crippen LogP contribution in [-0.2, 0) is 21.7 Å². The second-order valence-electron chi connectivity index (χ2n) is 9.66. The van der Waals surface area contributed by atoms with Crippen molar-refractivity contribution in [1.82, 2.24) is 15.0 Å². The van der Waals surface area contributed by atoms with Crippen molar-refractivity contribution in [3.63, 3.8) is 0 Å². The zero-order chi connectivity index (χ0) is 26.0. The Balaban J connectivity index is 1.25. The number of fused-ring (bicyclic) bond motifs is 1. The molecule has 1 unspecified atom stereocenters. The fraction of sp³-hybridized carbons (Fsp3) is 0.357. The average molecular weight is 502 g/mol. The molecule has 1 saturated heterocycles. The minimum atomic E-state index is -1.73. The molecular formula is C28H31N5O4. The summed E-state index contributed by atoms with van der Waals surface area (Å²) in [7, 11) is 0.